The molecule has 1 aromatic heterocycles. The van der Waals surface area contributed by atoms with Crippen molar-refractivity contribution in [1.82, 2.24) is 4.98 Å². The van der Waals surface area contributed by atoms with E-state index in [1.54, 1.807) is 6.20 Å². The summed E-state index contributed by atoms with van der Waals surface area (Å²) >= 11 is 0. The first-order valence-corrected chi connectivity index (χ1v) is 3.50. The maximum Gasteiger partial charge on any atom is 0.128 e. The van der Waals surface area contributed by atoms with Crippen LogP contribution in [0.25, 0.3) is 0 Å². The lowest BCUT2D eigenvalue weighted by Crippen LogP contribution is -1.96. The van der Waals surface area contributed by atoms with Gasteiger partial charge in [-0.1, -0.05) is 13.0 Å². The number of aromatic nitrogens is 1. The first-order valence-electron chi connectivity index (χ1n) is 3.50. The monoisotopic (exact) mass is 138 g/mol. The third kappa shape index (κ3) is 1.26. The minimum atomic E-state index is 0. The fraction of sp³-hybridized carbons (Fsp3) is 0.375. The van der Waals surface area contributed by atoms with Crippen LogP contribution >= 0.6 is 0 Å². The van der Waals surface area contributed by atoms with Crippen molar-refractivity contribution in [3.63, 3.8) is 0 Å². The van der Waals surface area contributed by atoms with Crippen molar-refractivity contribution in [3.8, 4) is 0 Å². The van der Waals surface area contributed by atoms with E-state index in [1.807, 2.05) is 13.1 Å². The van der Waals surface area contributed by atoms with E-state index >= 15 is 0 Å². The fourth-order valence-corrected chi connectivity index (χ4v) is 0.949. The van der Waals surface area contributed by atoms with Gasteiger partial charge in [0, 0.05) is 14.7 Å². The van der Waals surface area contributed by atoms with Gasteiger partial charge in [0.15, 0.2) is 0 Å². The largest absolute Gasteiger partial charge is 0.373 e. The topological polar surface area (TPSA) is 24.9 Å². The number of nitrogens with one attached hydrogen (secondary N) is 1. The molecule has 0 bridgehead atoms. The molecule has 1 aromatic rings. The molecule has 1 heterocycles. The summed E-state index contributed by atoms with van der Waals surface area (Å²) in [5.74, 6) is 0.991. The van der Waals surface area contributed by atoms with Gasteiger partial charge < -0.3 is 5.32 Å². The van der Waals surface area contributed by atoms with Crippen LogP contribution in [0.5, 0.6) is 0 Å². The van der Waals surface area contributed by atoms with E-state index < -0.39 is 0 Å². The third-order valence-electron chi connectivity index (χ3n) is 1.51. The van der Waals surface area contributed by atoms with Crippen LogP contribution in [0.3, 0.4) is 0 Å². The van der Waals surface area contributed by atoms with Crippen LogP contribution in [0.4, 0.5) is 5.82 Å². The highest BCUT2D eigenvalue weighted by Gasteiger charge is 1.95. The fourth-order valence-electron chi connectivity index (χ4n) is 0.949. The van der Waals surface area contributed by atoms with Crippen molar-refractivity contribution in [2.24, 2.45) is 0 Å². The number of pyridine rings is 1. The standard InChI is InChI=1S/C8H12N2.H2/c1-3-7-5-4-6-10-8(7)9-2;/h4-6H,3H2,1-2H3,(H,9,10);1H. The summed E-state index contributed by atoms with van der Waals surface area (Å²) < 4.78 is 0. The van der Waals surface area contributed by atoms with Crippen LogP contribution in [0.15, 0.2) is 18.3 Å². The molecule has 2 heteroatoms. The molecule has 0 radical (unpaired) electrons. The summed E-state index contributed by atoms with van der Waals surface area (Å²) in [5, 5.41) is 3.04. The smallest absolute Gasteiger partial charge is 0.128 e. The van der Waals surface area contributed by atoms with E-state index in [0.29, 0.717) is 0 Å². The average molecular weight is 138 g/mol. The van der Waals surface area contributed by atoms with E-state index in [-0.39, 0.29) is 1.43 Å². The molecule has 0 atom stereocenters. The van der Waals surface area contributed by atoms with Gasteiger partial charge in [-0.2, -0.15) is 0 Å². The summed E-state index contributed by atoms with van der Waals surface area (Å²) in [6.07, 6.45) is 2.83. The molecule has 1 N–H and O–H groups in total. The predicted octanol–water partition coefficient (Wildman–Crippen LogP) is 1.93. The average Bonchev–Trinajstić information content (AvgIpc) is 2.04. The molecule has 0 saturated heterocycles. The molecule has 56 valence electrons. The van der Waals surface area contributed by atoms with Gasteiger partial charge in [-0.15, -0.1) is 0 Å². The van der Waals surface area contributed by atoms with E-state index in [2.05, 4.69) is 23.3 Å². The number of hydrogen-bond donors (Lipinski definition) is 1. The van der Waals surface area contributed by atoms with Crippen molar-refractivity contribution >= 4 is 5.82 Å². The van der Waals surface area contributed by atoms with Gasteiger partial charge in [-0.05, 0) is 18.1 Å². The lowest BCUT2D eigenvalue weighted by Gasteiger charge is -2.03. The van der Waals surface area contributed by atoms with Crippen molar-refractivity contribution in [3.05, 3.63) is 23.9 Å². The Hall–Kier alpha value is -1.05. The zero-order chi connectivity index (χ0) is 7.40. The maximum absolute atomic E-state index is 4.16. The molecule has 0 saturated carbocycles. The van der Waals surface area contributed by atoms with Crippen LogP contribution in [0.1, 0.15) is 13.9 Å². The Morgan fingerprint density at radius 3 is 3.00 bits per heavy atom. The Morgan fingerprint density at radius 2 is 2.50 bits per heavy atom. The van der Waals surface area contributed by atoms with Gasteiger partial charge in [0.1, 0.15) is 5.82 Å². The SMILES string of the molecule is CCc1cccnc1NC.[HH]. The van der Waals surface area contributed by atoms with Crippen molar-refractivity contribution in [2.45, 2.75) is 13.3 Å². The summed E-state index contributed by atoms with van der Waals surface area (Å²) in [6.45, 7) is 2.12. The maximum atomic E-state index is 4.16. The molecule has 0 aliphatic rings. The first-order chi connectivity index (χ1) is 4.88. The van der Waals surface area contributed by atoms with Gasteiger partial charge in [-0.25, -0.2) is 4.98 Å². The van der Waals surface area contributed by atoms with Crippen molar-refractivity contribution in [1.29, 1.82) is 0 Å². The van der Waals surface area contributed by atoms with Gasteiger partial charge >= 0.3 is 0 Å². The summed E-state index contributed by atoms with van der Waals surface area (Å²) in [6, 6.07) is 4.04. The van der Waals surface area contributed by atoms with Gasteiger partial charge in [0.05, 0.1) is 0 Å². The summed E-state index contributed by atoms with van der Waals surface area (Å²) in [5.41, 5.74) is 1.27. The highest BCUT2D eigenvalue weighted by molar-refractivity contribution is 5.42. The Labute approximate surface area is 62.8 Å². The summed E-state index contributed by atoms with van der Waals surface area (Å²) in [4.78, 5) is 4.16. The Morgan fingerprint density at radius 1 is 1.70 bits per heavy atom. The zero-order valence-corrected chi connectivity index (χ0v) is 6.39. The van der Waals surface area contributed by atoms with Gasteiger partial charge in [0.2, 0.25) is 0 Å². The molecular formula is C8H14N2. The molecule has 0 amide bonds. The molecule has 0 aliphatic carbocycles. The van der Waals surface area contributed by atoms with Crippen molar-refractivity contribution in [2.75, 3.05) is 12.4 Å². The van der Waals surface area contributed by atoms with Gasteiger partial charge in [0.25, 0.3) is 0 Å². The van der Waals surface area contributed by atoms with Crippen LogP contribution in [0.2, 0.25) is 0 Å². The molecule has 10 heavy (non-hydrogen) atoms. The van der Waals surface area contributed by atoms with E-state index in [9.17, 15) is 0 Å². The Bertz CT molecular complexity index is 190. The van der Waals surface area contributed by atoms with Gasteiger partial charge in [-0.3, -0.25) is 0 Å². The molecule has 0 spiro atoms. The van der Waals surface area contributed by atoms with E-state index in [4.69, 9.17) is 0 Å². The normalized spacial score (nSPS) is 9.40. The highest BCUT2D eigenvalue weighted by Crippen LogP contribution is 2.09. The number of aryl methyl sites for hydroxylation is 1. The van der Waals surface area contributed by atoms with Crippen LogP contribution in [0, 0.1) is 0 Å². The second-order valence-corrected chi connectivity index (χ2v) is 2.11. The Kier molecular flexibility index (Phi) is 2.26. The molecule has 0 fully saturated rings. The van der Waals surface area contributed by atoms with Crippen LogP contribution in [-0.2, 0) is 6.42 Å². The van der Waals surface area contributed by atoms with Crippen molar-refractivity contribution < 1.29 is 1.43 Å². The molecule has 0 aliphatic heterocycles. The minimum absolute atomic E-state index is 0. The predicted molar refractivity (Wildman–Crippen MR) is 45.3 cm³/mol. The quantitative estimate of drug-likeness (QED) is 0.675. The number of nitrogens with zero attached hydrogens (tertiary/aromatic N) is 1. The second kappa shape index (κ2) is 3.20. The molecule has 0 unspecified atom stereocenters. The van der Waals surface area contributed by atoms with E-state index in [1.165, 1.54) is 5.56 Å². The Balaban J connectivity index is 0.000001000. The molecule has 1 rings (SSSR count). The molecule has 2 nitrogen and oxygen atoms in total. The minimum Gasteiger partial charge on any atom is -0.373 e. The van der Waals surface area contributed by atoms with E-state index in [0.717, 1.165) is 12.2 Å². The number of hydrogen-bond acceptors (Lipinski definition) is 2. The lowest BCUT2D eigenvalue weighted by molar-refractivity contribution is 1.10. The summed E-state index contributed by atoms with van der Waals surface area (Å²) in [7, 11) is 1.89. The molecule has 0 aromatic carbocycles. The second-order valence-electron chi connectivity index (χ2n) is 2.11. The number of anilines is 1. The van der Waals surface area contributed by atoms with Crippen LogP contribution < -0.4 is 5.32 Å². The first kappa shape index (κ1) is 7.06. The van der Waals surface area contributed by atoms with Crippen LogP contribution in [-0.4, -0.2) is 12.0 Å². The zero-order valence-electron chi connectivity index (χ0n) is 6.39. The lowest BCUT2D eigenvalue weighted by atomic mass is 10.2. The molecular weight excluding hydrogens is 124 g/mol. The highest BCUT2D eigenvalue weighted by atomic mass is 15.0. The third-order valence-corrected chi connectivity index (χ3v) is 1.51. The number of rotatable bonds is 2.